The van der Waals surface area contributed by atoms with Crippen LogP contribution in [0.1, 0.15) is 23.0 Å². The fraction of sp³-hybridized carbons (Fsp3) is 0.111. The number of hydrogen-bond donors (Lipinski definition) is 1. The molecule has 0 aliphatic heterocycles. The van der Waals surface area contributed by atoms with Gasteiger partial charge < -0.3 is 9.30 Å². The lowest BCUT2D eigenvalue weighted by molar-refractivity contribution is 0.0519. The molecule has 5 heteroatoms. The molecule has 0 radical (unpaired) electrons. The molecule has 0 saturated carbocycles. The standard InChI is InChI=1S/C27H23N3O2/c1-2-32-27(31)26-15-25(28-29-26)24-18-30(17-23(24)20-9-4-3-5-10-20)16-21-13-8-12-19-11-6-7-14-22(19)21/h3-15,17-18H,2,16H2,1H3,(H,28,29). The summed E-state index contributed by atoms with van der Waals surface area (Å²) < 4.78 is 7.28. The Balaban J connectivity index is 1.57. The van der Waals surface area contributed by atoms with Crippen LogP contribution in [0.5, 0.6) is 0 Å². The Morgan fingerprint density at radius 2 is 1.69 bits per heavy atom. The Morgan fingerprint density at radius 3 is 2.53 bits per heavy atom. The number of fused-ring (bicyclic) bond motifs is 1. The smallest absolute Gasteiger partial charge is 0.356 e. The van der Waals surface area contributed by atoms with Gasteiger partial charge in [0, 0.05) is 30.1 Å². The van der Waals surface area contributed by atoms with Gasteiger partial charge in [0.25, 0.3) is 0 Å². The molecular weight excluding hydrogens is 398 g/mol. The normalized spacial score (nSPS) is 11.0. The molecule has 3 aromatic carbocycles. The van der Waals surface area contributed by atoms with Crippen molar-refractivity contribution in [2.24, 2.45) is 0 Å². The van der Waals surface area contributed by atoms with Crippen LogP contribution in [0.3, 0.4) is 0 Å². The van der Waals surface area contributed by atoms with Crippen molar-refractivity contribution in [1.29, 1.82) is 0 Å². The number of H-pyrrole nitrogens is 1. The average molecular weight is 422 g/mol. The van der Waals surface area contributed by atoms with Crippen LogP contribution in [-0.4, -0.2) is 27.3 Å². The van der Waals surface area contributed by atoms with Crippen LogP contribution in [-0.2, 0) is 11.3 Å². The maximum Gasteiger partial charge on any atom is 0.356 e. The lowest BCUT2D eigenvalue weighted by Crippen LogP contribution is -2.04. The van der Waals surface area contributed by atoms with Gasteiger partial charge in [0.15, 0.2) is 0 Å². The third-order valence-electron chi connectivity index (χ3n) is 5.55. The van der Waals surface area contributed by atoms with Gasteiger partial charge in [0.2, 0.25) is 0 Å². The first-order valence-corrected chi connectivity index (χ1v) is 10.7. The van der Waals surface area contributed by atoms with Gasteiger partial charge in [0.05, 0.1) is 12.3 Å². The molecule has 0 fully saturated rings. The Bertz CT molecular complexity index is 1380. The number of benzene rings is 3. The zero-order valence-electron chi connectivity index (χ0n) is 17.8. The lowest BCUT2D eigenvalue weighted by atomic mass is 10.0. The SMILES string of the molecule is CCOC(=O)c1cc(-c2cn(Cc3cccc4ccccc34)cc2-c2ccccc2)n[nH]1. The van der Waals surface area contributed by atoms with Gasteiger partial charge >= 0.3 is 5.97 Å². The summed E-state index contributed by atoms with van der Waals surface area (Å²) in [5.74, 6) is -0.400. The average Bonchev–Trinajstić information content (AvgIpc) is 3.48. The molecule has 0 bridgehead atoms. The lowest BCUT2D eigenvalue weighted by Gasteiger charge is -2.07. The van der Waals surface area contributed by atoms with Crippen LogP contribution >= 0.6 is 0 Å². The number of carbonyl (C=O) groups is 1. The molecule has 5 nitrogen and oxygen atoms in total. The van der Waals surface area contributed by atoms with E-state index in [0.717, 1.165) is 23.2 Å². The minimum absolute atomic E-state index is 0.323. The van der Waals surface area contributed by atoms with Crippen molar-refractivity contribution in [3.63, 3.8) is 0 Å². The van der Waals surface area contributed by atoms with Crippen LogP contribution in [0.25, 0.3) is 33.2 Å². The first-order valence-electron chi connectivity index (χ1n) is 10.7. The number of nitrogens with one attached hydrogen (secondary N) is 1. The van der Waals surface area contributed by atoms with Crippen molar-refractivity contribution in [2.75, 3.05) is 6.61 Å². The van der Waals surface area contributed by atoms with E-state index in [1.807, 2.05) is 18.2 Å². The molecule has 32 heavy (non-hydrogen) atoms. The second-order valence-corrected chi connectivity index (χ2v) is 7.65. The molecule has 5 rings (SSSR count). The molecule has 158 valence electrons. The Kier molecular flexibility index (Phi) is 5.30. The van der Waals surface area contributed by atoms with Crippen LogP contribution in [0.15, 0.2) is 91.3 Å². The van der Waals surface area contributed by atoms with Gasteiger partial charge in [-0.3, -0.25) is 5.10 Å². The van der Waals surface area contributed by atoms with E-state index in [-0.39, 0.29) is 0 Å². The van der Waals surface area contributed by atoms with E-state index in [0.29, 0.717) is 18.0 Å². The van der Waals surface area contributed by atoms with E-state index in [1.165, 1.54) is 16.3 Å². The summed E-state index contributed by atoms with van der Waals surface area (Å²) in [7, 11) is 0. The third kappa shape index (κ3) is 3.81. The van der Waals surface area contributed by atoms with Crippen LogP contribution < -0.4 is 0 Å². The summed E-state index contributed by atoms with van der Waals surface area (Å²) in [6, 6.07) is 26.8. The maximum absolute atomic E-state index is 12.1. The molecule has 5 aromatic rings. The van der Waals surface area contributed by atoms with Gasteiger partial charge in [-0.05, 0) is 34.9 Å². The summed E-state index contributed by atoms with van der Waals surface area (Å²) in [6.07, 6.45) is 4.24. The number of aromatic nitrogens is 3. The molecule has 2 aromatic heterocycles. The molecule has 0 amide bonds. The largest absolute Gasteiger partial charge is 0.461 e. The van der Waals surface area contributed by atoms with E-state index in [1.54, 1.807) is 13.0 Å². The highest BCUT2D eigenvalue weighted by Gasteiger charge is 2.17. The predicted octanol–water partition coefficient (Wildman–Crippen LogP) is 5.92. The van der Waals surface area contributed by atoms with E-state index in [4.69, 9.17) is 4.74 Å². The van der Waals surface area contributed by atoms with Crippen LogP contribution in [0, 0.1) is 0 Å². The molecule has 0 spiro atoms. The topological polar surface area (TPSA) is 59.9 Å². The van der Waals surface area contributed by atoms with Crippen molar-refractivity contribution in [3.8, 4) is 22.4 Å². The highest BCUT2D eigenvalue weighted by molar-refractivity contribution is 5.90. The second kappa shape index (κ2) is 8.55. The maximum atomic E-state index is 12.1. The van der Waals surface area contributed by atoms with Crippen molar-refractivity contribution in [3.05, 3.63) is 103 Å². The van der Waals surface area contributed by atoms with Gasteiger partial charge in [-0.2, -0.15) is 5.10 Å². The number of esters is 1. The zero-order chi connectivity index (χ0) is 21.9. The van der Waals surface area contributed by atoms with Gasteiger partial charge in [-0.15, -0.1) is 0 Å². The van der Waals surface area contributed by atoms with E-state index in [9.17, 15) is 4.79 Å². The molecule has 0 aliphatic rings. The predicted molar refractivity (Wildman–Crippen MR) is 126 cm³/mol. The van der Waals surface area contributed by atoms with E-state index in [2.05, 4.69) is 81.8 Å². The molecule has 0 saturated heterocycles. The number of ether oxygens (including phenoxy) is 1. The monoisotopic (exact) mass is 421 g/mol. The van der Waals surface area contributed by atoms with E-state index < -0.39 is 5.97 Å². The summed E-state index contributed by atoms with van der Waals surface area (Å²) in [5.41, 5.74) is 5.43. The third-order valence-corrected chi connectivity index (χ3v) is 5.55. The number of rotatable bonds is 6. The molecule has 1 N–H and O–H groups in total. The van der Waals surface area contributed by atoms with Gasteiger partial charge in [0.1, 0.15) is 5.69 Å². The van der Waals surface area contributed by atoms with Crippen LogP contribution in [0.2, 0.25) is 0 Å². The number of carbonyl (C=O) groups excluding carboxylic acids is 1. The Morgan fingerprint density at radius 1 is 0.938 bits per heavy atom. The fourth-order valence-electron chi connectivity index (χ4n) is 4.05. The van der Waals surface area contributed by atoms with E-state index >= 15 is 0 Å². The highest BCUT2D eigenvalue weighted by Crippen LogP contribution is 2.33. The summed E-state index contributed by atoms with van der Waals surface area (Å²) in [6.45, 7) is 2.84. The first-order chi connectivity index (χ1) is 15.7. The molecule has 2 heterocycles. The quantitative estimate of drug-likeness (QED) is 0.346. The van der Waals surface area contributed by atoms with Gasteiger partial charge in [-0.25, -0.2) is 4.79 Å². The summed E-state index contributed by atoms with van der Waals surface area (Å²) in [5, 5.41) is 9.70. The van der Waals surface area contributed by atoms with Gasteiger partial charge in [-0.1, -0.05) is 72.8 Å². The molecule has 0 atom stereocenters. The van der Waals surface area contributed by atoms with Crippen molar-refractivity contribution >= 4 is 16.7 Å². The minimum Gasteiger partial charge on any atom is -0.461 e. The molecule has 0 unspecified atom stereocenters. The summed E-state index contributed by atoms with van der Waals surface area (Å²) in [4.78, 5) is 12.1. The molecular formula is C27H23N3O2. The summed E-state index contributed by atoms with van der Waals surface area (Å²) >= 11 is 0. The van der Waals surface area contributed by atoms with Crippen molar-refractivity contribution < 1.29 is 9.53 Å². The van der Waals surface area contributed by atoms with Crippen molar-refractivity contribution in [1.82, 2.24) is 14.8 Å². The number of nitrogens with zero attached hydrogens (tertiary/aromatic N) is 2. The zero-order valence-corrected chi connectivity index (χ0v) is 17.8. The Labute approximate surface area is 186 Å². The highest BCUT2D eigenvalue weighted by atomic mass is 16.5. The second-order valence-electron chi connectivity index (χ2n) is 7.65. The minimum atomic E-state index is -0.400. The number of aromatic amines is 1. The molecule has 0 aliphatic carbocycles. The van der Waals surface area contributed by atoms with Crippen molar-refractivity contribution in [2.45, 2.75) is 13.5 Å². The fourth-order valence-corrected chi connectivity index (χ4v) is 4.05. The Hall–Kier alpha value is -4.12. The number of hydrogen-bond acceptors (Lipinski definition) is 3. The first kappa shape index (κ1) is 19.8. The van der Waals surface area contributed by atoms with Crippen LogP contribution in [0.4, 0.5) is 0 Å².